The first-order valence-corrected chi connectivity index (χ1v) is 12.7. The van der Waals surface area contributed by atoms with E-state index in [1.807, 2.05) is 42.2 Å². The molecule has 0 heterocycles. The molecule has 0 aliphatic rings. The molecule has 1 unspecified atom stereocenters. The first kappa shape index (κ1) is 25.3. The van der Waals surface area contributed by atoms with Crippen molar-refractivity contribution >= 4 is 21.7 Å². The molecule has 6 nitrogen and oxygen atoms in total. The van der Waals surface area contributed by atoms with E-state index < -0.39 is 10.0 Å². The summed E-state index contributed by atoms with van der Waals surface area (Å²) in [5.41, 5.74) is 2.82. The second-order valence-electron chi connectivity index (χ2n) is 8.28. The van der Waals surface area contributed by atoms with E-state index in [-0.39, 0.29) is 29.2 Å². The summed E-state index contributed by atoms with van der Waals surface area (Å²) in [6, 6.07) is 22.8. The van der Waals surface area contributed by atoms with E-state index in [1.54, 1.807) is 24.3 Å². The van der Waals surface area contributed by atoms with Crippen LogP contribution in [0.1, 0.15) is 59.0 Å². The van der Waals surface area contributed by atoms with E-state index in [4.69, 9.17) is 0 Å². The minimum Gasteiger partial charge on any atom is -0.332 e. The van der Waals surface area contributed by atoms with Crippen molar-refractivity contribution in [1.82, 2.24) is 9.62 Å². The van der Waals surface area contributed by atoms with Crippen molar-refractivity contribution in [1.29, 1.82) is 0 Å². The van der Waals surface area contributed by atoms with Gasteiger partial charge in [-0.05, 0) is 55.7 Å². The zero-order valence-corrected chi connectivity index (χ0v) is 20.5. The molecular formula is C27H30N2O4S. The van der Waals surface area contributed by atoms with Crippen LogP contribution in [-0.2, 0) is 23.1 Å². The molecule has 34 heavy (non-hydrogen) atoms. The van der Waals surface area contributed by atoms with Crippen LogP contribution < -0.4 is 4.72 Å². The Labute approximate surface area is 201 Å². The van der Waals surface area contributed by atoms with Crippen molar-refractivity contribution in [2.75, 3.05) is 0 Å². The lowest BCUT2D eigenvalue weighted by molar-refractivity contribution is 0.0671. The molecule has 0 aliphatic heterocycles. The van der Waals surface area contributed by atoms with Gasteiger partial charge in [-0.3, -0.25) is 9.59 Å². The second kappa shape index (κ2) is 11.2. The molecule has 0 saturated carbocycles. The van der Waals surface area contributed by atoms with Crippen LogP contribution >= 0.6 is 0 Å². The van der Waals surface area contributed by atoms with Crippen molar-refractivity contribution in [3.05, 3.63) is 101 Å². The third-order valence-corrected chi connectivity index (χ3v) is 7.23. The van der Waals surface area contributed by atoms with Gasteiger partial charge in [-0.1, -0.05) is 61.5 Å². The number of benzene rings is 3. The Bertz CT molecular complexity index is 1220. The third kappa shape index (κ3) is 6.40. The number of nitrogens with one attached hydrogen (secondary N) is 1. The molecule has 1 N–H and O–H groups in total. The van der Waals surface area contributed by atoms with E-state index in [9.17, 15) is 18.0 Å². The average molecular weight is 479 g/mol. The summed E-state index contributed by atoms with van der Waals surface area (Å²) in [7, 11) is -3.73. The molecule has 7 heteroatoms. The normalized spacial score (nSPS) is 12.2. The summed E-state index contributed by atoms with van der Waals surface area (Å²) in [6.07, 6.45) is 0.839. The van der Waals surface area contributed by atoms with Crippen molar-refractivity contribution in [2.45, 2.75) is 51.2 Å². The molecule has 0 spiro atoms. The molecule has 0 radical (unpaired) electrons. The number of ketones is 1. The predicted octanol–water partition coefficient (Wildman–Crippen LogP) is 4.81. The summed E-state index contributed by atoms with van der Waals surface area (Å²) >= 11 is 0. The van der Waals surface area contributed by atoms with Crippen LogP contribution in [0.15, 0.2) is 83.8 Å². The van der Waals surface area contributed by atoms with Gasteiger partial charge in [0, 0.05) is 30.3 Å². The summed E-state index contributed by atoms with van der Waals surface area (Å²) in [5.74, 6) is -0.182. The molecule has 3 rings (SSSR count). The highest BCUT2D eigenvalue weighted by Gasteiger charge is 2.21. The molecule has 0 aliphatic carbocycles. The molecule has 3 aromatic rings. The van der Waals surface area contributed by atoms with Gasteiger partial charge in [0.1, 0.15) is 0 Å². The van der Waals surface area contributed by atoms with E-state index in [0.29, 0.717) is 17.7 Å². The van der Waals surface area contributed by atoms with Gasteiger partial charge in [-0.2, -0.15) is 0 Å². The van der Waals surface area contributed by atoms with Gasteiger partial charge in [0.25, 0.3) is 5.91 Å². The SMILES string of the molecule is CCC(C)N(Cc1ccccc1)C(=O)c1ccc(CNS(=O)(=O)c2ccc(C(C)=O)cc2)cc1. The quantitative estimate of drug-likeness (QED) is 0.424. The van der Waals surface area contributed by atoms with Crippen LogP contribution in [-0.4, -0.2) is 31.0 Å². The highest BCUT2D eigenvalue weighted by Crippen LogP contribution is 2.17. The lowest BCUT2D eigenvalue weighted by Gasteiger charge is -2.29. The van der Waals surface area contributed by atoms with Crippen LogP contribution in [0.5, 0.6) is 0 Å². The minimum absolute atomic E-state index is 0.0594. The molecular weight excluding hydrogens is 448 g/mol. The summed E-state index contributed by atoms with van der Waals surface area (Å²) < 4.78 is 27.7. The smallest absolute Gasteiger partial charge is 0.254 e. The van der Waals surface area contributed by atoms with Gasteiger partial charge in [0.2, 0.25) is 10.0 Å². The first-order valence-electron chi connectivity index (χ1n) is 11.3. The van der Waals surface area contributed by atoms with E-state index in [2.05, 4.69) is 11.6 Å². The highest BCUT2D eigenvalue weighted by atomic mass is 32.2. The Morgan fingerprint density at radius 3 is 2.00 bits per heavy atom. The number of carbonyl (C=O) groups excluding carboxylic acids is 2. The van der Waals surface area contributed by atoms with E-state index in [1.165, 1.54) is 31.2 Å². The van der Waals surface area contributed by atoms with Crippen LogP contribution in [0.3, 0.4) is 0 Å². The molecule has 1 atom stereocenters. The summed E-state index contributed by atoms with van der Waals surface area (Å²) in [4.78, 5) is 26.6. The number of hydrogen-bond donors (Lipinski definition) is 1. The van der Waals surface area contributed by atoms with Crippen molar-refractivity contribution in [2.24, 2.45) is 0 Å². The summed E-state index contributed by atoms with van der Waals surface area (Å²) in [5, 5.41) is 0. The Kier molecular flexibility index (Phi) is 8.36. The highest BCUT2D eigenvalue weighted by molar-refractivity contribution is 7.89. The van der Waals surface area contributed by atoms with Crippen molar-refractivity contribution in [3.8, 4) is 0 Å². The van der Waals surface area contributed by atoms with Crippen LogP contribution in [0.25, 0.3) is 0 Å². The predicted molar refractivity (Wildman–Crippen MR) is 133 cm³/mol. The van der Waals surface area contributed by atoms with Gasteiger partial charge in [-0.25, -0.2) is 13.1 Å². The Hall–Kier alpha value is -3.29. The lowest BCUT2D eigenvalue weighted by atomic mass is 10.1. The Balaban J connectivity index is 1.68. The lowest BCUT2D eigenvalue weighted by Crippen LogP contribution is -2.37. The molecule has 0 bridgehead atoms. The van der Waals surface area contributed by atoms with Crippen molar-refractivity contribution in [3.63, 3.8) is 0 Å². The molecule has 0 saturated heterocycles. The van der Waals surface area contributed by atoms with Gasteiger partial charge in [-0.15, -0.1) is 0 Å². The minimum atomic E-state index is -3.73. The molecule has 3 aromatic carbocycles. The molecule has 0 fully saturated rings. The Morgan fingerprint density at radius 2 is 1.44 bits per heavy atom. The zero-order valence-electron chi connectivity index (χ0n) is 19.7. The maximum absolute atomic E-state index is 13.2. The van der Waals surface area contributed by atoms with Crippen LogP contribution in [0.2, 0.25) is 0 Å². The number of hydrogen-bond acceptors (Lipinski definition) is 4. The molecule has 1 amide bonds. The fraction of sp³-hybridized carbons (Fsp3) is 0.259. The number of nitrogens with zero attached hydrogens (tertiary/aromatic N) is 1. The molecule has 0 aromatic heterocycles. The van der Waals surface area contributed by atoms with Gasteiger partial charge >= 0.3 is 0 Å². The summed E-state index contributed by atoms with van der Waals surface area (Å²) in [6.45, 7) is 6.13. The number of carbonyl (C=O) groups is 2. The largest absolute Gasteiger partial charge is 0.332 e. The maximum Gasteiger partial charge on any atom is 0.254 e. The van der Waals surface area contributed by atoms with Crippen LogP contribution in [0, 0.1) is 0 Å². The van der Waals surface area contributed by atoms with E-state index in [0.717, 1.165) is 17.5 Å². The van der Waals surface area contributed by atoms with E-state index >= 15 is 0 Å². The maximum atomic E-state index is 13.2. The number of sulfonamides is 1. The standard InChI is InChI=1S/C27H30N2O4S/c1-4-20(2)29(19-23-8-6-5-7-9-23)27(31)25-12-10-22(11-13-25)18-28-34(32,33)26-16-14-24(15-17-26)21(3)30/h5-17,20,28H,4,18-19H2,1-3H3. The van der Waals surface area contributed by atoms with Gasteiger partial charge in [0.15, 0.2) is 5.78 Å². The topological polar surface area (TPSA) is 83.6 Å². The van der Waals surface area contributed by atoms with Gasteiger partial charge < -0.3 is 4.90 Å². The van der Waals surface area contributed by atoms with Crippen molar-refractivity contribution < 1.29 is 18.0 Å². The first-order chi connectivity index (χ1) is 16.2. The molecule has 178 valence electrons. The third-order valence-electron chi connectivity index (χ3n) is 5.82. The fourth-order valence-electron chi connectivity index (χ4n) is 3.49. The number of Topliss-reactive ketones (excluding diaryl/α,β-unsaturated/α-hetero) is 1. The monoisotopic (exact) mass is 478 g/mol. The number of amides is 1. The number of rotatable bonds is 10. The van der Waals surface area contributed by atoms with Crippen LogP contribution in [0.4, 0.5) is 0 Å². The fourth-order valence-corrected chi connectivity index (χ4v) is 4.51. The average Bonchev–Trinajstić information content (AvgIpc) is 2.86. The van der Waals surface area contributed by atoms with Gasteiger partial charge in [0.05, 0.1) is 4.90 Å². The zero-order chi connectivity index (χ0) is 24.7. The second-order valence-corrected chi connectivity index (χ2v) is 10.0. The Morgan fingerprint density at radius 1 is 0.853 bits per heavy atom.